The SMILES string of the molecule is CC1=CC(C)=C(CNC(=O)c2cc(C3CC3)nc3c2c(C)nn3C2CCN(C)CC2)C(=O)C1. The average molecular weight is 448 g/mol. The van der Waals surface area contributed by atoms with Crippen LogP contribution in [-0.2, 0) is 4.79 Å². The smallest absolute Gasteiger partial charge is 0.252 e. The molecule has 2 aromatic heterocycles. The zero-order chi connectivity index (χ0) is 23.3. The van der Waals surface area contributed by atoms with Gasteiger partial charge in [-0.2, -0.15) is 5.10 Å². The first-order chi connectivity index (χ1) is 15.8. The highest BCUT2D eigenvalue weighted by Gasteiger charge is 2.30. The lowest BCUT2D eigenvalue weighted by atomic mass is 9.92. The molecule has 1 aliphatic heterocycles. The van der Waals surface area contributed by atoms with Crippen molar-refractivity contribution in [2.24, 2.45) is 0 Å². The first kappa shape index (κ1) is 22.0. The number of piperidine rings is 1. The summed E-state index contributed by atoms with van der Waals surface area (Å²) < 4.78 is 2.07. The van der Waals surface area contributed by atoms with Gasteiger partial charge in [-0.05, 0) is 78.2 Å². The summed E-state index contributed by atoms with van der Waals surface area (Å²) in [5.41, 5.74) is 5.99. The molecule has 0 spiro atoms. The molecule has 174 valence electrons. The minimum Gasteiger partial charge on any atom is -0.348 e. The second kappa shape index (κ2) is 8.52. The van der Waals surface area contributed by atoms with E-state index in [0.717, 1.165) is 72.3 Å². The maximum Gasteiger partial charge on any atom is 0.252 e. The van der Waals surface area contributed by atoms with Crippen molar-refractivity contribution in [3.63, 3.8) is 0 Å². The number of rotatable bonds is 5. The Morgan fingerprint density at radius 2 is 1.88 bits per heavy atom. The lowest BCUT2D eigenvalue weighted by Gasteiger charge is -2.29. The molecule has 2 aromatic rings. The molecular weight excluding hydrogens is 414 g/mol. The first-order valence-corrected chi connectivity index (χ1v) is 12.1. The molecule has 0 radical (unpaired) electrons. The molecule has 0 unspecified atom stereocenters. The molecule has 1 amide bonds. The highest BCUT2D eigenvalue weighted by molar-refractivity contribution is 6.07. The topological polar surface area (TPSA) is 80.1 Å². The number of hydrogen-bond acceptors (Lipinski definition) is 5. The number of pyridine rings is 1. The number of amides is 1. The van der Waals surface area contributed by atoms with Crippen LogP contribution in [0.5, 0.6) is 0 Å². The Morgan fingerprint density at radius 1 is 1.15 bits per heavy atom. The predicted molar refractivity (Wildman–Crippen MR) is 128 cm³/mol. The minimum absolute atomic E-state index is 0.0950. The van der Waals surface area contributed by atoms with Gasteiger partial charge >= 0.3 is 0 Å². The number of carbonyl (C=O) groups is 2. The number of fused-ring (bicyclic) bond motifs is 1. The number of Topliss-reactive ketones (excluding diaryl/α,β-unsaturated/α-hetero) is 1. The van der Waals surface area contributed by atoms with Crippen LogP contribution in [0.1, 0.15) is 79.7 Å². The number of ketones is 1. The predicted octanol–water partition coefficient (Wildman–Crippen LogP) is 3.85. The van der Waals surface area contributed by atoms with Gasteiger partial charge in [0.25, 0.3) is 5.91 Å². The highest BCUT2D eigenvalue weighted by atomic mass is 16.2. The Hall–Kier alpha value is -2.80. The van der Waals surface area contributed by atoms with E-state index in [9.17, 15) is 9.59 Å². The third kappa shape index (κ3) is 4.26. The molecule has 7 nitrogen and oxygen atoms in total. The van der Waals surface area contributed by atoms with E-state index < -0.39 is 0 Å². The van der Waals surface area contributed by atoms with Crippen LogP contribution >= 0.6 is 0 Å². The molecule has 1 N–H and O–H groups in total. The number of allylic oxidation sites excluding steroid dienone is 3. The molecule has 2 aliphatic carbocycles. The zero-order valence-electron chi connectivity index (χ0n) is 20.1. The summed E-state index contributed by atoms with van der Waals surface area (Å²) in [7, 11) is 2.15. The molecule has 1 saturated carbocycles. The van der Waals surface area contributed by atoms with Gasteiger partial charge in [-0.3, -0.25) is 9.59 Å². The van der Waals surface area contributed by atoms with Crippen molar-refractivity contribution in [1.82, 2.24) is 25.0 Å². The average Bonchev–Trinajstić information content (AvgIpc) is 3.57. The summed E-state index contributed by atoms with van der Waals surface area (Å²) in [5.74, 6) is 0.368. The summed E-state index contributed by atoms with van der Waals surface area (Å²) in [4.78, 5) is 33.3. The molecule has 3 aliphatic rings. The molecule has 0 atom stereocenters. The number of nitrogens with one attached hydrogen (secondary N) is 1. The van der Waals surface area contributed by atoms with Gasteiger partial charge in [0.2, 0.25) is 0 Å². The third-order valence-corrected chi connectivity index (χ3v) is 7.27. The van der Waals surface area contributed by atoms with Crippen LogP contribution in [0.3, 0.4) is 0 Å². The Balaban J connectivity index is 1.49. The molecule has 5 rings (SSSR count). The van der Waals surface area contributed by atoms with E-state index in [2.05, 4.69) is 21.9 Å². The Labute approximate surface area is 194 Å². The van der Waals surface area contributed by atoms with Gasteiger partial charge in [0, 0.05) is 30.2 Å². The molecule has 0 bridgehead atoms. The number of hydrogen-bond donors (Lipinski definition) is 1. The van der Waals surface area contributed by atoms with Crippen LogP contribution in [-0.4, -0.2) is 58.0 Å². The molecule has 0 aromatic carbocycles. The van der Waals surface area contributed by atoms with E-state index in [0.29, 0.717) is 29.5 Å². The van der Waals surface area contributed by atoms with Gasteiger partial charge < -0.3 is 10.2 Å². The van der Waals surface area contributed by atoms with Crippen molar-refractivity contribution in [1.29, 1.82) is 0 Å². The van der Waals surface area contributed by atoms with Crippen LogP contribution in [0.4, 0.5) is 0 Å². The molecule has 7 heteroatoms. The van der Waals surface area contributed by atoms with E-state index in [-0.39, 0.29) is 18.2 Å². The lowest BCUT2D eigenvalue weighted by molar-refractivity contribution is -0.115. The normalized spacial score (nSPS) is 20.5. The molecule has 1 saturated heterocycles. The van der Waals surface area contributed by atoms with Crippen LogP contribution in [0.2, 0.25) is 0 Å². The van der Waals surface area contributed by atoms with Gasteiger partial charge in [0.1, 0.15) is 0 Å². The fourth-order valence-corrected chi connectivity index (χ4v) is 5.18. The summed E-state index contributed by atoms with van der Waals surface area (Å²) in [6.45, 7) is 8.20. The number of aromatic nitrogens is 3. The van der Waals surface area contributed by atoms with E-state index in [4.69, 9.17) is 10.1 Å². The standard InChI is InChI=1S/C26H33N5O2/c1-15-11-16(2)21(23(32)12-15)14-27-26(33)20-13-22(18-5-6-18)28-25-24(20)17(3)29-31(25)19-7-9-30(4)10-8-19/h11,13,18-19H,5-10,12,14H2,1-4H3,(H,27,33). The Morgan fingerprint density at radius 3 is 2.55 bits per heavy atom. The van der Waals surface area contributed by atoms with Crippen molar-refractivity contribution in [2.75, 3.05) is 26.7 Å². The summed E-state index contributed by atoms with van der Waals surface area (Å²) in [6.07, 6.45) is 6.77. The Kier molecular flexibility index (Phi) is 5.69. The van der Waals surface area contributed by atoms with Gasteiger partial charge in [0.15, 0.2) is 11.4 Å². The van der Waals surface area contributed by atoms with Crippen molar-refractivity contribution < 1.29 is 9.59 Å². The van der Waals surface area contributed by atoms with Crippen molar-refractivity contribution in [2.45, 2.75) is 64.8 Å². The van der Waals surface area contributed by atoms with Gasteiger partial charge in [-0.15, -0.1) is 0 Å². The van der Waals surface area contributed by atoms with E-state index in [1.807, 2.05) is 32.9 Å². The molecule has 2 fully saturated rings. The van der Waals surface area contributed by atoms with Crippen molar-refractivity contribution in [3.8, 4) is 0 Å². The highest BCUT2D eigenvalue weighted by Crippen LogP contribution is 2.41. The largest absolute Gasteiger partial charge is 0.348 e. The van der Waals surface area contributed by atoms with Crippen LogP contribution in [0.25, 0.3) is 11.0 Å². The molecular formula is C26H33N5O2. The second-order valence-electron chi connectivity index (χ2n) is 10.1. The minimum atomic E-state index is -0.158. The third-order valence-electron chi connectivity index (χ3n) is 7.27. The fourth-order valence-electron chi connectivity index (χ4n) is 5.18. The van der Waals surface area contributed by atoms with Crippen molar-refractivity contribution >= 4 is 22.7 Å². The zero-order valence-corrected chi connectivity index (χ0v) is 20.1. The lowest BCUT2D eigenvalue weighted by Crippen LogP contribution is -2.32. The number of likely N-dealkylation sites (tertiary alicyclic amines) is 1. The number of aryl methyl sites for hydroxylation is 1. The molecule has 3 heterocycles. The maximum absolute atomic E-state index is 13.4. The van der Waals surface area contributed by atoms with Gasteiger partial charge in [-0.25, -0.2) is 9.67 Å². The van der Waals surface area contributed by atoms with Crippen LogP contribution in [0, 0.1) is 6.92 Å². The Bertz CT molecular complexity index is 1190. The summed E-state index contributed by atoms with van der Waals surface area (Å²) in [6, 6.07) is 2.26. The van der Waals surface area contributed by atoms with E-state index >= 15 is 0 Å². The molecule has 33 heavy (non-hydrogen) atoms. The fraction of sp³-hybridized carbons (Fsp3) is 0.538. The van der Waals surface area contributed by atoms with E-state index in [1.165, 1.54) is 0 Å². The second-order valence-corrected chi connectivity index (χ2v) is 10.1. The van der Waals surface area contributed by atoms with Crippen LogP contribution in [0.15, 0.2) is 28.9 Å². The first-order valence-electron chi connectivity index (χ1n) is 12.1. The monoisotopic (exact) mass is 447 g/mol. The quantitative estimate of drug-likeness (QED) is 0.753. The summed E-state index contributed by atoms with van der Waals surface area (Å²) in [5, 5.41) is 8.74. The summed E-state index contributed by atoms with van der Waals surface area (Å²) >= 11 is 0. The van der Waals surface area contributed by atoms with Gasteiger partial charge in [-0.1, -0.05) is 11.6 Å². The maximum atomic E-state index is 13.4. The van der Waals surface area contributed by atoms with E-state index in [1.54, 1.807) is 0 Å². The van der Waals surface area contributed by atoms with Crippen LogP contribution < -0.4 is 5.32 Å². The number of nitrogens with zero attached hydrogens (tertiary/aromatic N) is 4. The number of carbonyl (C=O) groups excluding carboxylic acids is 2. The van der Waals surface area contributed by atoms with Crippen molar-refractivity contribution in [3.05, 3.63) is 45.8 Å². The van der Waals surface area contributed by atoms with Gasteiger partial charge in [0.05, 0.1) is 22.7 Å².